The van der Waals surface area contributed by atoms with Crippen LogP contribution in [0.4, 0.5) is 0 Å². The van der Waals surface area contributed by atoms with Crippen LogP contribution in [0.3, 0.4) is 0 Å². The van der Waals surface area contributed by atoms with Gasteiger partial charge < -0.3 is 24.0 Å². The zero-order valence-electron chi connectivity index (χ0n) is 16.4. The summed E-state index contributed by atoms with van der Waals surface area (Å²) in [6.45, 7) is 5.14. The molecule has 1 aromatic rings. The van der Waals surface area contributed by atoms with Crippen LogP contribution in [-0.4, -0.2) is 74.2 Å². The molecule has 7 nitrogen and oxygen atoms in total. The lowest BCUT2D eigenvalue weighted by molar-refractivity contribution is -0.142. The van der Waals surface area contributed by atoms with E-state index < -0.39 is 0 Å². The minimum Gasteiger partial charge on any atom is -0.493 e. The lowest BCUT2D eigenvalue weighted by Gasteiger charge is -2.35. The summed E-state index contributed by atoms with van der Waals surface area (Å²) < 4.78 is 16.5. The molecule has 28 heavy (non-hydrogen) atoms. The molecule has 0 aromatic heterocycles. The van der Waals surface area contributed by atoms with Gasteiger partial charge in [-0.2, -0.15) is 0 Å². The first-order valence-electron chi connectivity index (χ1n) is 9.75. The van der Waals surface area contributed by atoms with Gasteiger partial charge in [0.15, 0.2) is 11.5 Å². The van der Waals surface area contributed by atoms with Crippen LogP contribution < -0.4 is 9.47 Å². The van der Waals surface area contributed by atoms with E-state index in [0.717, 1.165) is 19.3 Å². The Bertz CT molecular complexity index is 713. The van der Waals surface area contributed by atoms with Crippen LogP contribution in [0.25, 0.3) is 0 Å². The second-order valence-corrected chi connectivity index (χ2v) is 7.36. The Morgan fingerprint density at radius 3 is 2.54 bits per heavy atom. The van der Waals surface area contributed by atoms with Gasteiger partial charge in [-0.25, -0.2) is 0 Å². The maximum Gasteiger partial charge on any atom is 0.254 e. The van der Waals surface area contributed by atoms with Crippen LogP contribution in [-0.2, 0) is 9.53 Å². The minimum atomic E-state index is -0.319. The Kier molecular flexibility index (Phi) is 7.02. The van der Waals surface area contributed by atoms with Crippen LogP contribution in [0.5, 0.6) is 11.5 Å². The van der Waals surface area contributed by atoms with Crippen molar-refractivity contribution in [2.45, 2.75) is 32.3 Å². The molecule has 0 N–H and O–H groups in total. The van der Waals surface area contributed by atoms with Gasteiger partial charge in [0.1, 0.15) is 6.10 Å². The van der Waals surface area contributed by atoms with Gasteiger partial charge in [-0.3, -0.25) is 9.59 Å². The maximum atomic E-state index is 12.9. The molecule has 2 saturated heterocycles. The van der Waals surface area contributed by atoms with Crippen LogP contribution in [0.1, 0.15) is 36.5 Å². The Hall–Kier alpha value is -1.99. The summed E-state index contributed by atoms with van der Waals surface area (Å²) in [6, 6.07) is 3.27. The lowest BCUT2D eigenvalue weighted by Crippen LogP contribution is -2.52. The molecular formula is C20H27ClN2O5. The number of carbonyl (C=O) groups is 2. The molecule has 2 heterocycles. The predicted molar refractivity (Wildman–Crippen MR) is 105 cm³/mol. The van der Waals surface area contributed by atoms with E-state index in [0.29, 0.717) is 61.5 Å². The predicted octanol–water partition coefficient (Wildman–Crippen LogP) is 2.60. The Morgan fingerprint density at radius 2 is 1.93 bits per heavy atom. The van der Waals surface area contributed by atoms with Crippen LogP contribution in [0.2, 0.25) is 5.02 Å². The highest BCUT2D eigenvalue weighted by Gasteiger charge is 2.31. The van der Waals surface area contributed by atoms with E-state index in [1.54, 1.807) is 21.9 Å². The molecule has 0 saturated carbocycles. The van der Waals surface area contributed by atoms with E-state index in [1.807, 2.05) is 6.92 Å². The molecule has 2 aliphatic rings. The smallest absolute Gasteiger partial charge is 0.254 e. The van der Waals surface area contributed by atoms with Crippen molar-refractivity contribution in [3.05, 3.63) is 22.7 Å². The van der Waals surface area contributed by atoms with Gasteiger partial charge in [-0.1, -0.05) is 18.5 Å². The molecular weight excluding hydrogens is 384 g/mol. The highest BCUT2D eigenvalue weighted by Crippen LogP contribution is 2.37. The molecule has 2 aliphatic heterocycles. The topological polar surface area (TPSA) is 68.3 Å². The number of methoxy groups -OCH3 is 1. The molecule has 1 atom stereocenters. The SMILES string of the molecule is CCCOc1c(Cl)cc(C(=O)N2CCN(C(=O)C3CCCO3)CC2)cc1OC. The molecule has 3 rings (SSSR count). The average Bonchev–Trinajstić information content (AvgIpc) is 3.26. The fraction of sp³-hybridized carbons (Fsp3) is 0.600. The van der Waals surface area contributed by atoms with Crippen LogP contribution in [0, 0.1) is 0 Å². The van der Waals surface area contributed by atoms with Gasteiger partial charge in [0, 0.05) is 38.3 Å². The molecule has 2 fully saturated rings. The van der Waals surface area contributed by atoms with Crippen molar-refractivity contribution in [2.75, 3.05) is 46.5 Å². The second-order valence-electron chi connectivity index (χ2n) is 6.96. The standard InChI is InChI=1S/C20H27ClN2O5/c1-3-10-28-18-15(21)12-14(13-17(18)26-2)19(24)22-6-8-23(9-7-22)20(25)16-5-4-11-27-16/h12-13,16H,3-11H2,1-2H3. The van der Waals surface area contributed by atoms with E-state index in [4.69, 9.17) is 25.8 Å². The molecule has 0 bridgehead atoms. The summed E-state index contributed by atoms with van der Waals surface area (Å²) in [6.07, 6.45) is 2.23. The number of ether oxygens (including phenoxy) is 3. The molecule has 0 radical (unpaired) electrons. The molecule has 154 valence electrons. The third-order valence-electron chi connectivity index (χ3n) is 5.01. The van der Waals surface area contributed by atoms with Gasteiger partial charge in [0.25, 0.3) is 11.8 Å². The van der Waals surface area contributed by atoms with E-state index in [9.17, 15) is 9.59 Å². The first kappa shape index (κ1) is 20.7. The number of hydrogen-bond acceptors (Lipinski definition) is 5. The van der Waals surface area contributed by atoms with Gasteiger partial charge in [-0.05, 0) is 31.4 Å². The molecule has 0 spiro atoms. The largest absolute Gasteiger partial charge is 0.493 e. The Morgan fingerprint density at radius 1 is 1.21 bits per heavy atom. The van der Waals surface area contributed by atoms with Crippen LogP contribution >= 0.6 is 11.6 Å². The minimum absolute atomic E-state index is 0.0340. The number of amides is 2. The van der Waals surface area contributed by atoms with Crippen LogP contribution in [0.15, 0.2) is 12.1 Å². The fourth-order valence-electron chi connectivity index (χ4n) is 3.48. The molecule has 1 unspecified atom stereocenters. The summed E-state index contributed by atoms with van der Waals surface area (Å²) >= 11 is 6.33. The lowest BCUT2D eigenvalue weighted by atomic mass is 10.1. The average molecular weight is 411 g/mol. The number of hydrogen-bond donors (Lipinski definition) is 0. The number of nitrogens with zero attached hydrogens (tertiary/aromatic N) is 2. The summed E-state index contributed by atoms with van der Waals surface area (Å²) in [7, 11) is 1.52. The molecule has 1 aromatic carbocycles. The highest BCUT2D eigenvalue weighted by atomic mass is 35.5. The number of halogens is 1. The zero-order chi connectivity index (χ0) is 20.1. The fourth-order valence-corrected chi connectivity index (χ4v) is 3.74. The van der Waals surface area contributed by atoms with Crippen molar-refractivity contribution in [1.82, 2.24) is 9.80 Å². The number of piperazine rings is 1. The first-order chi connectivity index (χ1) is 13.5. The zero-order valence-corrected chi connectivity index (χ0v) is 17.2. The Balaban J connectivity index is 1.64. The number of benzene rings is 1. The van der Waals surface area contributed by atoms with Gasteiger partial charge in [0.05, 0.1) is 18.7 Å². The van der Waals surface area contributed by atoms with Crippen molar-refractivity contribution in [2.24, 2.45) is 0 Å². The third kappa shape index (κ3) is 4.52. The van der Waals surface area contributed by atoms with Crippen molar-refractivity contribution in [3.8, 4) is 11.5 Å². The van der Waals surface area contributed by atoms with Crippen molar-refractivity contribution < 1.29 is 23.8 Å². The van der Waals surface area contributed by atoms with E-state index >= 15 is 0 Å². The van der Waals surface area contributed by atoms with E-state index in [1.165, 1.54) is 7.11 Å². The van der Waals surface area contributed by atoms with Gasteiger partial charge >= 0.3 is 0 Å². The number of rotatable bonds is 6. The summed E-state index contributed by atoms with van der Waals surface area (Å²) in [5.41, 5.74) is 0.449. The summed E-state index contributed by atoms with van der Waals surface area (Å²) in [4.78, 5) is 28.9. The van der Waals surface area contributed by atoms with E-state index in [2.05, 4.69) is 0 Å². The molecule has 0 aliphatic carbocycles. The molecule has 8 heteroatoms. The number of carbonyl (C=O) groups excluding carboxylic acids is 2. The van der Waals surface area contributed by atoms with Gasteiger partial charge in [-0.15, -0.1) is 0 Å². The Labute approximate surface area is 170 Å². The second kappa shape index (κ2) is 9.47. The van der Waals surface area contributed by atoms with E-state index in [-0.39, 0.29) is 17.9 Å². The van der Waals surface area contributed by atoms with Crippen molar-refractivity contribution in [3.63, 3.8) is 0 Å². The van der Waals surface area contributed by atoms with Gasteiger partial charge in [0.2, 0.25) is 0 Å². The maximum absolute atomic E-state index is 12.9. The monoisotopic (exact) mass is 410 g/mol. The van der Waals surface area contributed by atoms with Crippen molar-refractivity contribution >= 4 is 23.4 Å². The quantitative estimate of drug-likeness (QED) is 0.721. The normalized spacial score (nSPS) is 19.6. The summed E-state index contributed by atoms with van der Waals surface area (Å²) in [5.74, 6) is 0.796. The highest BCUT2D eigenvalue weighted by molar-refractivity contribution is 6.32. The van der Waals surface area contributed by atoms with Crippen molar-refractivity contribution in [1.29, 1.82) is 0 Å². The molecule has 2 amide bonds. The third-order valence-corrected chi connectivity index (χ3v) is 5.29. The first-order valence-corrected chi connectivity index (χ1v) is 10.1. The summed E-state index contributed by atoms with van der Waals surface area (Å²) in [5, 5.41) is 0.350.